The Kier molecular flexibility index (Phi) is 3.19. The van der Waals surface area contributed by atoms with Crippen LogP contribution in [0.3, 0.4) is 0 Å². The molecule has 0 saturated heterocycles. The summed E-state index contributed by atoms with van der Waals surface area (Å²) in [5.41, 5.74) is -4.20. The monoisotopic (exact) mass is 258 g/mol. The summed E-state index contributed by atoms with van der Waals surface area (Å²) in [6.45, 7) is 0. The number of hydrogen-bond donors (Lipinski definition) is 0. The third-order valence-corrected chi connectivity index (χ3v) is 3.51. The van der Waals surface area contributed by atoms with Gasteiger partial charge in [0.2, 0.25) is 0 Å². The highest BCUT2D eigenvalue weighted by molar-refractivity contribution is 7.85. The molecule has 2 aromatic carbocycles. The van der Waals surface area contributed by atoms with Gasteiger partial charge in [-0.2, -0.15) is 13.2 Å². The highest BCUT2D eigenvalue weighted by atomic mass is 32.2. The highest BCUT2D eigenvalue weighted by Crippen LogP contribution is 2.26. The first-order valence-corrected chi connectivity index (χ1v) is 6.22. The van der Waals surface area contributed by atoms with E-state index >= 15 is 0 Å². The van der Waals surface area contributed by atoms with Gasteiger partial charge in [0.15, 0.2) is 0 Å². The lowest BCUT2D eigenvalue weighted by molar-refractivity contribution is -0.0385. The second-order valence-electron chi connectivity index (χ2n) is 3.57. The first-order chi connectivity index (χ1) is 7.98. The van der Waals surface area contributed by atoms with E-state index in [0.717, 1.165) is 5.39 Å². The summed E-state index contributed by atoms with van der Waals surface area (Å²) in [4.78, 5) is 0. The van der Waals surface area contributed by atoms with E-state index in [1.807, 2.05) is 18.2 Å². The van der Waals surface area contributed by atoms with Crippen molar-refractivity contribution in [1.82, 2.24) is 0 Å². The summed E-state index contributed by atoms with van der Waals surface area (Å²) < 4.78 is 47.8. The van der Waals surface area contributed by atoms with E-state index in [1.165, 1.54) is 0 Å². The minimum absolute atomic E-state index is 0.457. The topological polar surface area (TPSA) is 17.1 Å². The van der Waals surface area contributed by atoms with Gasteiger partial charge in [-0.3, -0.25) is 4.21 Å². The predicted octanol–water partition coefficient (Wildman–Crippen LogP) is 3.61. The zero-order valence-electron chi connectivity index (χ0n) is 8.70. The molecule has 0 amide bonds. The molecule has 17 heavy (non-hydrogen) atoms. The van der Waals surface area contributed by atoms with Gasteiger partial charge >= 0.3 is 5.51 Å². The molecule has 0 spiro atoms. The molecular formula is C12H9F3OS. The molecule has 1 nitrogen and oxygen atoms in total. The Morgan fingerprint density at radius 1 is 1.00 bits per heavy atom. The Morgan fingerprint density at radius 2 is 1.65 bits per heavy atom. The summed E-state index contributed by atoms with van der Waals surface area (Å²) in [7, 11) is -2.84. The third-order valence-electron chi connectivity index (χ3n) is 2.42. The molecule has 0 aliphatic heterocycles. The smallest absolute Gasteiger partial charge is 0.250 e. The standard InChI is InChI=1S/C12H9F3OS/c13-12(14,15)17(16)8-10-6-3-5-9-4-1-2-7-11(9)10/h1-7H,8H2/t17-/m1/s1. The van der Waals surface area contributed by atoms with E-state index in [4.69, 9.17) is 0 Å². The van der Waals surface area contributed by atoms with Crippen molar-refractivity contribution in [3.8, 4) is 0 Å². The predicted molar refractivity (Wildman–Crippen MR) is 61.8 cm³/mol. The van der Waals surface area contributed by atoms with Gasteiger partial charge in [0.05, 0.1) is 5.75 Å². The van der Waals surface area contributed by atoms with Gasteiger partial charge < -0.3 is 0 Å². The third kappa shape index (κ3) is 2.66. The van der Waals surface area contributed by atoms with Gasteiger partial charge in [-0.15, -0.1) is 0 Å². The first-order valence-electron chi connectivity index (χ1n) is 4.90. The van der Waals surface area contributed by atoms with Crippen molar-refractivity contribution in [2.75, 3.05) is 0 Å². The zero-order chi connectivity index (χ0) is 12.5. The summed E-state index contributed by atoms with van der Waals surface area (Å²) >= 11 is 0. The Balaban J connectivity index is 2.40. The van der Waals surface area contributed by atoms with Crippen LogP contribution >= 0.6 is 0 Å². The number of benzene rings is 2. The van der Waals surface area contributed by atoms with Crippen LogP contribution in [0.25, 0.3) is 10.8 Å². The maximum Gasteiger partial charge on any atom is 0.471 e. The average molecular weight is 258 g/mol. The second-order valence-corrected chi connectivity index (χ2v) is 5.02. The molecule has 0 aliphatic rings. The Labute approximate surface area is 98.7 Å². The van der Waals surface area contributed by atoms with Crippen LogP contribution < -0.4 is 0 Å². The maximum atomic E-state index is 12.2. The van der Waals surface area contributed by atoms with E-state index in [1.54, 1.807) is 24.3 Å². The average Bonchev–Trinajstić information content (AvgIpc) is 2.28. The van der Waals surface area contributed by atoms with Gasteiger partial charge in [-0.1, -0.05) is 42.5 Å². The van der Waals surface area contributed by atoms with Crippen molar-refractivity contribution in [3.63, 3.8) is 0 Å². The van der Waals surface area contributed by atoms with Crippen LogP contribution in [0.5, 0.6) is 0 Å². The van der Waals surface area contributed by atoms with Crippen LogP contribution in [0.4, 0.5) is 13.2 Å². The van der Waals surface area contributed by atoms with Gasteiger partial charge in [0, 0.05) is 0 Å². The van der Waals surface area contributed by atoms with E-state index in [2.05, 4.69) is 0 Å². The lowest BCUT2D eigenvalue weighted by atomic mass is 10.1. The van der Waals surface area contributed by atoms with E-state index < -0.39 is 22.1 Å². The summed E-state index contributed by atoms with van der Waals surface area (Å²) in [6, 6.07) is 12.2. The number of alkyl halides is 3. The molecule has 0 heterocycles. The molecular weight excluding hydrogens is 249 g/mol. The van der Waals surface area contributed by atoms with Gasteiger partial charge in [0.1, 0.15) is 10.8 Å². The fourth-order valence-corrected chi connectivity index (χ4v) is 2.34. The van der Waals surface area contributed by atoms with Crippen molar-refractivity contribution in [1.29, 1.82) is 0 Å². The molecule has 90 valence electrons. The van der Waals surface area contributed by atoms with Crippen LogP contribution in [-0.4, -0.2) is 9.72 Å². The summed E-state index contributed by atoms with van der Waals surface area (Å²) in [5, 5.41) is 1.57. The summed E-state index contributed by atoms with van der Waals surface area (Å²) in [5.74, 6) is -0.495. The Morgan fingerprint density at radius 3 is 2.35 bits per heavy atom. The molecule has 0 N–H and O–H groups in total. The molecule has 0 bridgehead atoms. The molecule has 0 fully saturated rings. The molecule has 2 rings (SSSR count). The van der Waals surface area contributed by atoms with Gasteiger partial charge in [0.25, 0.3) is 0 Å². The zero-order valence-corrected chi connectivity index (χ0v) is 9.52. The normalized spacial score (nSPS) is 13.8. The van der Waals surface area contributed by atoms with Crippen molar-refractivity contribution in [2.45, 2.75) is 11.3 Å². The number of fused-ring (bicyclic) bond motifs is 1. The van der Waals surface area contributed by atoms with Crippen molar-refractivity contribution < 1.29 is 17.4 Å². The van der Waals surface area contributed by atoms with Gasteiger partial charge in [-0.25, -0.2) is 0 Å². The van der Waals surface area contributed by atoms with Crippen molar-refractivity contribution >= 4 is 21.6 Å². The molecule has 0 unspecified atom stereocenters. The van der Waals surface area contributed by atoms with Gasteiger partial charge in [-0.05, 0) is 16.3 Å². The molecule has 2 aromatic rings. The van der Waals surface area contributed by atoms with E-state index in [0.29, 0.717) is 10.9 Å². The van der Waals surface area contributed by atoms with Crippen LogP contribution in [-0.2, 0) is 16.6 Å². The number of hydrogen-bond acceptors (Lipinski definition) is 1. The Hall–Kier alpha value is -1.36. The fourth-order valence-electron chi connectivity index (χ4n) is 1.64. The number of rotatable bonds is 2. The largest absolute Gasteiger partial charge is 0.471 e. The molecule has 0 aromatic heterocycles. The van der Waals surface area contributed by atoms with Crippen LogP contribution in [0.1, 0.15) is 5.56 Å². The highest BCUT2D eigenvalue weighted by Gasteiger charge is 2.36. The molecule has 0 radical (unpaired) electrons. The van der Waals surface area contributed by atoms with Crippen LogP contribution in [0.15, 0.2) is 42.5 Å². The SMILES string of the molecule is O=[S@](Cc1cccc2ccccc12)C(F)(F)F. The summed E-state index contributed by atoms with van der Waals surface area (Å²) in [6.07, 6.45) is 0. The minimum Gasteiger partial charge on any atom is -0.250 e. The van der Waals surface area contributed by atoms with Crippen molar-refractivity contribution in [3.05, 3.63) is 48.0 Å². The molecule has 0 aliphatic carbocycles. The fraction of sp³-hybridized carbons (Fsp3) is 0.167. The van der Waals surface area contributed by atoms with E-state index in [-0.39, 0.29) is 0 Å². The quantitative estimate of drug-likeness (QED) is 0.804. The maximum absolute atomic E-state index is 12.2. The molecule has 5 heteroatoms. The number of halogens is 3. The molecule has 0 saturated carbocycles. The van der Waals surface area contributed by atoms with Crippen LogP contribution in [0, 0.1) is 0 Å². The minimum atomic E-state index is -4.66. The molecule has 1 atom stereocenters. The van der Waals surface area contributed by atoms with Crippen LogP contribution in [0.2, 0.25) is 0 Å². The lowest BCUT2D eigenvalue weighted by Gasteiger charge is -2.08. The lowest BCUT2D eigenvalue weighted by Crippen LogP contribution is -2.17. The second kappa shape index (κ2) is 4.49. The Bertz CT molecular complexity index is 558. The first kappa shape index (κ1) is 12.1. The van der Waals surface area contributed by atoms with Crippen molar-refractivity contribution in [2.24, 2.45) is 0 Å². The van der Waals surface area contributed by atoms with E-state index in [9.17, 15) is 17.4 Å².